The van der Waals surface area contributed by atoms with Crippen LogP contribution in [0, 0.1) is 0 Å². The molecule has 1 heterocycles. The van der Waals surface area contributed by atoms with E-state index in [-0.39, 0.29) is 17.9 Å². The van der Waals surface area contributed by atoms with Gasteiger partial charge in [-0.05, 0) is 12.5 Å². The van der Waals surface area contributed by atoms with E-state index < -0.39 is 0 Å². The first-order valence-corrected chi connectivity index (χ1v) is 6.50. The summed E-state index contributed by atoms with van der Waals surface area (Å²) in [4.78, 5) is 14.4. The molecule has 2 unspecified atom stereocenters. The fourth-order valence-electron chi connectivity index (χ4n) is 2.39. The molecule has 1 amide bonds. The van der Waals surface area contributed by atoms with Gasteiger partial charge in [-0.3, -0.25) is 4.79 Å². The molecule has 2 atom stereocenters. The van der Waals surface area contributed by atoms with Gasteiger partial charge in [0, 0.05) is 26.2 Å². The molecule has 1 fully saturated rings. The first-order valence-electron chi connectivity index (χ1n) is 6.50. The predicted octanol–water partition coefficient (Wildman–Crippen LogP) is 0.549. The number of piperazine rings is 1. The molecule has 18 heavy (non-hydrogen) atoms. The molecule has 0 aromatic heterocycles. The van der Waals surface area contributed by atoms with Gasteiger partial charge in [-0.25, -0.2) is 0 Å². The number of carbonyl (C=O) groups is 1. The fourth-order valence-corrected chi connectivity index (χ4v) is 2.39. The maximum atomic E-state index is 12.5. The van der Waals surface area contributed by atoms with Crippen LogP contribution in [0.3, 0.4) is 0 Å². The van der Waals surface area contributed by atoms with Crippen LogP contribution < -0.4 is 11.1 Å². The van der Waals surface area contributed by atoms with Crippen LogP contribution in [0.5, 0.6) is 0 Å². The Morgan fingerprint density at radius 3 is 2.89 bits per heavy atom. The molecule has 1 aromatic rings. The van der Waals surface area contributed by atoms with Gasteiger partial charge in [0.1, 0.15) is 0 Å². The van der Waals surface area contributed by atoms with Crippen molar-refractivity contribution in [2.75, 3.05) is 26.2 Å². The zero-order valence-electron chi connectivity index (χ0n) is 10.8. The second kappa shape index (κ2) is 5.98. The van der Waals surface area contributed by atoms with Gasteiger partial charge in [-0.2, -0.15) is 0 Å². The van der Waals surface area contributed by atoms with Crippen molar-refractivity contribution in [3.05, 3.63) is 35.9 Å². The standard InChI is InChI=1S/C14H21N3O/c1-11(12-5-3-2-4-6-12)14(18)17-8-7-16-10-13(17)9-15/h2-6,11,13,16H,7-10,15H2,1H3. The van der Waals surface area contributed by atoms with Crippen molar-refractivity contribution in [1.82, 2.24) is 10.2 Å². The van der Waals surface area contributed by atoms with Crippen molar-refractivity contribution in [1.29, 1.82) is 0 Å². The van der Waals surface area contributed by atoms with Gasteiger partial charge in [0.15, 0.2) is 0 Å². The molecule has 0 bridgehead atoms. The highest BCUT2D eigenvalue weighted by molar-refractivity contribution is 5.83. The Morgan fingerprint density at radius 1 is 1.50 bits per heavy atom. The second-order valence-corrected chi connectivity index (χ2v) is 4.76. The molecule has 1 saturated heterocycles. The van der Waals surface area contributed by atoms with Gasteiger partial charge in [-0.1, -0.05) is 30.3 Å². The zero-order valence-corrected chi connectivity index (χ0v) is 10.8. The van der Waals surface area contributed by atoms with Crippen molar-refractivity contribution in [2.24, 2.45) is 5.73 Å². The van der Waals surface area contributed by atoms with Gasteiger partial charge in [0.2, 0.25) is 5.91 Å². The number of amides is 1. The van der Waals surface area contributed by atoms with Crippen molar-refractivity contribution in [3.8, 4) is 0 Å². The van der Waals surface area contributed by atoms with E-state index in [2.05, 4.69) is 5.32 Å². The van der Waals surface area contributed by atoms with E-state index in [9.17, 15) is 4.79 Å². The summed E-state index contributed by atoms with van der Waals surface area (Å²) in [5.41, 5.74) is 6.80. The molecule has 0 spiro atoms. The van der Waals surface area contributed by atoms with Crippen molar-refractivity contribution in [3.63, 3.8) is 0 Å². The van der Waals surface area contributed by atoms with E-state index in [1.807, 2.05) is 42.2 Å². The van der Waals surface area contributed by atoms with Crippen LogP contribution in [0.15, 0.2) is 30.3 Å². The first kappa shape index (κ1) is 13.1. The molecule has 2 rings (SSSR count). The summed E-state index contributed by atoms with van der Waals surface area (Å²) in [6.45, 7) is 4.87. The van der Waals surface area contributed by atoms with Crippen LogP contribution in [0.4, 0.5) is 0 Å². The van der Waals surface area contributed by atoms with Crippen molar-refractivity contribution >= 4 is 5.91 Å². The summed E-state index contributed by atoms with van der Waals surface area (Å²) in [6, 6.07) is 10.0. The SMILES string of the molecule is CC(C(=O)N1CCNCC1CN)c1ccccc1. The van der Waals surface area contributed by atoms with Gasteiger partial charge in [-0.15, -0.1) is 0 Å². The van der Waals surface area contributed by atoms with Crippen LogP contribution >= 0.6 is 0 Å². The van der Waals surface area contributed by atoms with E-state index >= 15 is 0 Å². The molecular formula is C14H21N3O. The Labute approximate surface area is 108 Å². The number of nitrogens with one attached hydrogen (secondary N) is 1. The molecule has 0 aliphatic carbocycles. The number of nitrogens with zero attached hydrogens (tertiary/aromatic N) is 1. The lowest BCUT2D eigenvalue weighted by Gasteiger charge is -2.37. The summed E-state index contributed by atoms with van der Waals surface area (Å²) < 4.78 is 0. The Bertz CT molecular complexity index is 393. The molecular weight excluding hydrogens is 226 g/mol. The molecule has 0 radical (unpaired) electrons. The van der Waals surface area contributed by atoms with E-state index in [1.165, 1.54) is 0 Å². The minimum atomic E-state index is -0.0988. The average Bonchev–Trinajstić information content (AvgIpc) is 2.46. The molecule has 1 aromatic carbocycles. The minimum absolute atomic E-state index is 0.0988. The summed E-state index contributed by atoms with van der Waals surface area (Å²) >= 11 is 0. The van der Waals surface area contributed by atoms with Crippen molar-refractivity contribution < 1.29 is 4.79 Å². The Balaban J connectivity index is 2.10. The van der Waals surface area contributed by atoms with E-state index in [0.717, 1.165) is 25.2 Å². The third kappa shape index (κ3) is 2.71. The summed E-state index contributed by atoms with van der Waals surface area (Å²) in [7, 11) is 0. The van der Waals surface area contributed by atoms with Crippen LogP contribution in [0.1, 0.15) is 18.4 Å². The topological polar surface area (TPSA) is 58.4 Å². The van der Waals surface area contributed by atoms with Gasteiger partial charge < -0.3 is 16.0 Å². The third-order valence-electron chi connectivity index (χ3n) is 3.58. The Morgan fingerprint density at radius 2 is 2.22 bits per heavy atom. The van der Waals surface area contributed by atoms with Crippen LogP contribution in [-0.4, -0.2) is 43.0 Å². The van der Waals surface area contributed by atoms with Crippen LogP contribution in [-0.2, 0) is 4.79 Å². The van der Waals surface area contributed by atoms with E-state index in [0.29, 0.717) is 6.54 Å². The van der Waals surface area contributed by atoms with Gasteiger partial charge >= 0.3 is 0 Å². The molecule has 1 aliphatic heterocycles. The lowest BCUT2D eigenvalue weighted by atomic mass is 9.98. The monoisotopic (exact) mass is 247 g/mol. The Kier molecular flexibility index (Phi) is 4.33. The van der Waals surface area contributed by atoms with E-state index in [4.69, 9.17) is 5.73 Å². The maximum absolute atomic E-state index is 12.5. The highest BCUT2D eigenvalue weighted by Crippen LogP contribution is 2.19. The molecule has 1 aliphatic rings. The number of nitrogens with two attached hydrogens (primary N) is 1. The normalized spacial score (nSPS) is 21.7. The number of hydrogen-bond donors (Lipinski definition) is 2. The predicted molar refractivity (Wildman–Crippen MR) is 72.3 cm³/mol. The highest BCUT2D eigenvalue weighted by atomic mass is 16.2. The molecule has 4 heteroatoms. The minimum Gasteiger partial charge on any atom is -0.335 e. The number of benzene rings is 1. The fraction of sp³-hybridized carbons (Fsp3) is 0.500. The highest BCUT2D eigenvalue weighted by Gasteiger charge is 2.29. The third-order valence-corrected chi connectivity index (χ3v) is 3.58. The first-order chi connectivity index (χ1) is 8.74. The Hall–Kier alpha value is -1.39. The second-order valence-electron chi connectivity index (χ2n) is 4.76. The van der Waals surface area contributed by atoms with Gasteiger partial charge in [0.05, 0.1) is 12.0 Å². The maximum Gasteiger partial charge on any atom is 0.230 e. The smallest absolute Gasteiger partial charge is 0.230 e. The van der Waals surface area contributed by atoms with E-state index in [1.54, 1.807) is 0 Å². The number of carbonyl (C=O) groups excluding carboxylic acids is 1. The quantitative estimate of drug-likeness (QED) is 0.820. The molecule has 4 nitrogen and oxygen atoms in total. The van der Waals surface area contributed by atoms with Crippen LogP contribution in [0.25, 0.3) is 0 Å². The summed E-state index contributed by atoms with van der Waals surface area (Å²) in [6.07, 6.45) is 0. The number of hydrogen-bond acceptors (Lipinski definition) is 3. The lowest BCUT2D eigenvalue weighted by molar-refractivity contribution is -0.135. The lowest BCUT2D eigenvalue weighted by Crippen LogP contribution is -2.57. The molecule has 3 N–H and O–H groups in total. The van der Waals surface area contributed by atoms with Gasteiger partial charge in [0.25, 0.3) is 0 Å². The van der Waals surface area contributed by atoms with Crippen molar-refractivity contribution in [2.45, 2.75) is 18.9 Å². The number of rotatable bonds is 3. The molecule has 0 saturated carbocycles. The van der Waals surface area contributed by atoms with Crippen LogP contribution in [0.2, 0.25) is 0 Å². The summed E-state index contributed by atoms with van der Waals surface area (Å²) in [5.74, 6) is 0.0801. The zero-order chi connectivity index (χ0) is 13.0. The molecule has 98 valence electrons. The summed E-state index contributed by atoms with van der Waals surface area (Å²) in [5, 5.41) is 3.28. The average molecular weight is 247 g/mol. The largest absolute Gasteiger partial charge is 0.335 e.